The van der Waals surface area contributed by atoms with Crippen LogP contribution < -0.4 is 0 Å². The number of ether oxygens (including phenoxy) is 1. The van der Waals surface area contributed by atoms with Crippen LogP contribution in [0.4, 0.5) is 5.69 Å². The van der Waals surface area contributed by atoms with Gasteiger partial charge in [0.1, 0.15) is 5.25 Å². The van der Waals surface area contributed by atoms with Crippen LogP contribution in [0.1, 0.15) is 18.9 Å². The van der Waals surface area contributed by atoms with Gasteiger partial charge in [0.25, 0.3) is 0 Å². The van der Waals surface area contributed by atoms with E-state index in [2.05, 4.69) is 15.9 Å². The van der Waals surface area contributed by atoms with Crippen molar-refractivity contribution < 1.29 is 9.53 Å². The van der Waals surface area contributed by atoms with E-state index >= 15 is 0 Å². The van der Waals surface area contributed by atoms with Gasteiger partial charge >= 0.3 is 5.97 Å². The molecule has 0 saturated heterocycles. The van der Waals surface area contributed by atoms with E-state index in [1.165, 1.54) is 11.8 Å². The summed E-state index contributed by atoms with van der Waals surface area (Å²) in [5.74, 6) is -0.181. The Labute approximate surface area is 148 Å². The first-order valence-electron chi connectivity index (χ1n) is 7.43. The summed E-state index contributed by atoms with van der Waals surface area (Å²) in [6.07, 6.45) is 0.555. The number of hydrogen-bond donors (Lipinski definition) is 0. The summed E-state index contributed by atoms with van der Waals surface area (Å²) in [6, 6.07) is 15.9. The Morgan fingerprint density at radius 1 is 1.26 bits per heavy atom. The normalized spacial score (nSPS) is 17.0. The fraction of sp³-hybridized carbons (Fsp3) is 0.222. The number of para-hydroxylation sites is 1. The van der Waals surface area contributed by atoms with E-state index in [0.29, 0.717) is 13.0 Å². The predicted molar refractivity (Wildman–Crippen MR) is 97.7 cm³/mol. The zero-order valence-corrected chi connectivity index (χ0v) is 15.1. The van der Waals surface area contributed by atoms with Crippen LogP contribution in [0.2, 0.25) is 0 Å². The van der Waals surface area contributed by atoms with Crippen molar-refractivity contribution in [3.63, 3.8) is 0 Å². The zero-order chi connectivity index (χ0) is 16.2. The molecule has 0 spiro atoms. The van der Waals surface area contributed by atoms with Gasteiger partial charge in [-0.1, -0.05) is 40.2 Å². The van der Waals surface area contributed by atoms with E-state index in [4.69, 9.17) is 9.73 Å². The maximum Gasteiger partial charge on any atom is 0.319 e. The molecule has 23 heavy (non-hydrogen) atoms. The second-order valence-electron chi connectivity index (χ2n) is 5.10. The number of nitrogens with zero attached hydrogens (tertiary/aromatic N) is 1. The molecular formula is C18H16BrNO2S. The van der Waals surface area contributed by atoms with Gasteiger partial charge in [-0.15, -0.1) is 11.8 Å². The number of carbonyl (C=O) groups is 1. The van der Waals surface area contributed by atoms with Gasteiger partial charge in [0.2, 0.25) is 0 Å². The molecule has 0 radical (unpaired) electrons. The summed E-state index contributed by atoms with van der Waals surface area (Å²) >= 11 is 4.98. The molecule has 0 bridgehead atoms. The van der Waals surface area contributed by atoms with Crippen molar-refractivity contribution >= 4 is 45.1 Å². The molecular weight excluding hydrogens is 374 g/mol. The van der Waals surface area contributed by atoms with Crippen LogP contribution in [-0.2, 0) is 9.53 Å². The van der Waals surface area contributed by atoms with Crippen LogP contribution in [0, 0.1) is 0 Å². The SMILES string of the molecule is CCOC(=O)C1CC(c2ccc(Br)cc2)=Nc2ccccc2S1. The molecule has 3 rings (SSSR count). The molecule has 0 aliphatic carbocycles. The molecule has 2 aromatic rings. The Bertz CT molecular complexity index is 743. The first kappa shape index (κ1) is 16.3. The van der Waals surface area contributed by atoms with Crippen molar-refractivity contribution in [1.82, 2.24) is 0 Å². The van der Waals surface area contributed by atoms with Gasteiger partial charge in [0.05, 0.1) is 18.0 Å². The largest absolute Gasteiger partial charge is 0.465 e. The van der Waals surface area contributed by atoms with Crippen LogP contribution in [0.25, 0.3) is 0 Å². The van der Waals surface area contributed by atoms with Crippen LogP contribution in [0.15, 0.2) is 62.9 Å². The first-order chi connectivity index (χ1) is 11.2. The third-order valence-electron chi connectivity index (χ3n) is 3.50. The van der Waals surface area contributed by atoms with E-state index in [0.717, 1.165) is 26.3 Å². The third kappa shape index (κ3) is 3.85. The molecule has 118 valence electrons. The van der Waals surface area contributed by atoms with Crippen LogP contribution in [-0.4, -0.2) is 23.5 Å². The van der Waals surface area contributed by atoms with Crippen molar-refractivity contribution in [2.75, 3.05) is 6.61 Å². The number of esters is 1. The maximum atomic E-state index is 12.3. The van der Waals surface area contributed by atoms with E-state index in [9.17, 15) is 4.79 Å². The zero-order valence-electron chi connectivity index (χ0n) is 12.7. The second-order valence-corrected chi connectivity index (χ2v) is 7.26. The lowest BCUT2D eigenvalue weighted by Gasteiger charge is -2.14. The Morgan fingerprint density at radius 3 is 2.74 bits per heavy atom. The number of benzene rings is 2. The molecule has 0 saturated carbocycles. The lowest BCUT2D eigenvalue weighted by Crippen LogP contribution is -2.23. The Hall–Kier alpha value is -1.59. The van der Waals surface area contributed by atoms with Crippen LogP contribution >= 0.6 is 27.7 Å². The van der Waals surface area contributed by atoms with Crippen LogP contribution in [0.5, 0.6) is 0 Å². The number of hydrogen-bond acceptors (Lipinski definition) is 4. The summed E-state index contributed by atoms with van der Waals surface area (Å²) < 4.78 is 6.25. The highest BCUT2D eigenvalue weighted by molar-refractivity contribution is 9.10. The minimum absolute atomic E-state index is 0.181. The Morgan fingerprint density at radius 2 is 2.00 bits per heavy atom. The maximum absolute atomic E-state index is 12.3. The average molecular weight is 390 g/mol. The van der Waals surface area contributed by atoms with Crippen molar-refractivity contribution in [2.45, 2.75) is 23.5 Å². The monoisotopic (exact) mass is 389 g/mol. The second kappa shape index (κ2) is 7.32. The van der Waals surface area contributed by atoms with E-state index < -0.39 is 0 Å². The minimum atomic E-state index is -0.277. The quantitative estimate of drug-likeness (QED) is 0.693. The molecule has 0 fully saturated rings. The fourth-order valence-corrected chi connectivity index (χ4v) is 3.77. The van der Waals surface area contributed by atoms with Gasteiger partial charge in [0.15, 0.2) is 0 Å². The van der Waals surface area contributed by atoms with Crippen LogP contribution in [0.3, 0.4) is 0 Å². The highest BCUT2D eigenvalue weighted by Gasteiger charge is 2.27. The molecule has 3 nitrogen and oxygen atoms in total. The minimum Gasteiger partial charge on any atom is -0.465 e. The molecule has 5 heteroatoms. The topological polar surface area (TPSA) is 38.7 Å². The van der Waals surface area contributed by atoms with Crippen molar-refractivity contribution in [2.24, 2.45) is 4.99 Å². The molecule has 0 aromatic heterocycles. The predicted octanol–water partition coefficient (Wildman–Crippen LogP) is 5.00. The number of carbonyl (C=O) groups excluding carboxylic acids is 1. The third-order valence-corrected chi connectivity index (χ3v) is 5.27. The van der Waals surface area contributed by atoms with E-state index in [-0.39, 0.29) is 11.2 Å². The van der Waals surface area contributed by atoms with Gasteiger partial charge in [-0.3, -0.25) is 9.79 Å². The van der Waals surface area contributed by atoms with E-state index in [1.54, 1.807) is 0 Å². The number of aliphatic imine (C=N–C) groups is 1. The first-order valence-corrected chi connectivity index (χ1v) is 9.10. The van der Waals surface area contributed by atoms with Gasteiger partial charge in [0, 0.05) is 15.8 Å². The summed E-state index contributed by atoms with van der Waals surface area (Å²) in [4.78, 5) is 18.1. The molecule has 1 heterocycles. The van der Waals surface area contributed by atoms with Gasteiger partial charge in [-0.25, -0.2) is 0 Å². The van der Waals surface area contributed by atoms with Crippen molar-refractivity contribution in [3.8, 4) is 0 Å². The van der Waals surface area contributed by atoms with E-state index in [1.807, 2.05) is 55.5 Å². The standard InChI is InChI=1S/C18H16BrNO2S/c1-2-22-18(21)17-11-15(12-7-9-13(19)10-8-12)20-14-5-3-4-6-16(14)23-17/h3-10,17H,2,11H2,1H3. The number of thioether (sulfide) groups is 1. The highest BCUT2D eigenvalue weighted by atomic mass is 79.9. The number of fused-ring (bicyclic) bond motifs is 1. The number of halogens is 1. The molecule has 1 aliphatic rings. The molecule has 1 atom stereocenters. The summed E-state index contributed by atoms with van der Waals surface area (Å²) in [6.45, 7) is 2.22. The molecule has 2 aromatic carbocycles. The van der Waals surface area contributed by atoms with Crippen molar-refractivity contribution in [1.29, 1.82) is 0 Å². The summed E-state index contributed by atoms with van der Waals surface area (Å²) in [5, 5.41) is -0.277. The Kier molecular flexibility index (Phi) is 5.18. The number of rotatable bonds is 3. The van der Waals surface area contributed by atoms with Gasteiger partial charge in [-0.05, 0) is 36.8 Å². The smallest absolute Gasteiger partial charge is 0.319 e. The van der Waals surface area contributed by atoms with Gasteiger partial charge < -0.3 is 4.74 Å². The molecule has 0 N–H and O–H groups in total. The molecule has 0 amide bonds. The highest BCUT2D eigenvalue weighted by Crippen LogP contribution is 2.38. The lowest BCUT2D eigenvalue weighted by atomic mass is 10.1. The molecule has 1 unspecified atom stereocenters. The summed E-state index contributed by atoms with van der Waals surface area (Å²) in [7, 11) is 0. The lowest BCUT2D eigenvalue weighted by molar-refractivity contribution is -0.142. The Balaban J connectivity index is 2.01. The van der Waals surface area contributed by atoms with Crippen molar-refractivity contribution in [3.05, 3.63) is 58.6 Å². The van der Waals surface area contributed by atoms with Gasteiger partial charge in [-0.2, -0.15) is 0 Å². The summed E-state index contributed by atoms with van der Waals surface area (Å²) in [5.41, 5.74) is 2.84. The fourth-order valence-electron chi connectivity index (χ4n) is 2.40. The molecule has 1 aliphatic heterocycles. The average Bonchev–Trinajstić information content (AvgIpc) is 2.75.